The van der Waals surface area contributed by atoms with E-state index in [0.29, 0.717) is 0 Å². The summed E-state index contributed by atoms with van der Waals surface area (Å²) in [5.41, 5.74) is 0. The Morgan fingerprint density at radius 3 is 2.75 bits per heavy atom. The zero-order valence-electron chi connectivity index (χ0n) is 11.3. The average Bonchev–Trinajstić information content (AvgIpc) is 2.54. The van der Waals surface area contributed by atoms with Crippen molar-refractivity contribution >= 4 is 0 Å². The Morgan fingerprint density at radius 1 is 1.25 bits per heavy atom. The van der Waals surface area contributed by atoms with Crippen LogP contribution in [0.15, 0.2) is 0 Å². The van der Waals surface area contributed by atoms with Crippen LogP contribution in [0.2, 0.25) is 0 Å². The highest BCUT2D eigenvalue weighted by Gasteiger charge is 2.14. The molecule has 1 aliphatic heterocycles. The fourth-order valence-corrected chi connectivity index (χ4v) is 2.29. The summed E-state index contributed by atoms with van der Waals surface area (Å²) in [7, 11) is 2.19. The number of likely N-dealkylation sites (N-methyl/N-ethyl adjacent to an activating group) is 1. The fraction of sp³-hybridized carbons (Fsp3) is 1.00. The van der Waals surface area contributed by atoms with Crippen molar-refractivity contribution in [2.24, 2.45) is 0 Å². The molecule has 0 spiro atoms. The average molecular weight is 227 g/mol. The Bertz CT molecular complexity index is 173. The van der Waals surface area contributed by atoms with Crippen molar-refractivity contribution in [3.8, 4) is 0 Å². The topological polar surface area (TPSA) is 18.5 Å². The predicted molar refractivity (Wildman–Crippen MR) is 70.9 cm³/mol. The van der Waals surface area contributed by atoms with Gasteiger partial charge < -0.3 is 15.1 Å². The molecule has 0 aromatic rings. The zero-order chi connectivity index (χ0) is 11.8. The number of nitrogens with one attached hydrogen (secondary N) is 1. The Labute approximate surface area is 101 Å². The summed E-state index contributed by atoms with van der Waals surface area (Å²) in [6.45, 7) is 11.7. The highest BCUT2D eigenvalue weighted by molar-refractivity contribution is 4.74. The molecular weight excluding hydrogens is 198 g/mol. The molecule has 0 aromatic carbocycles. The van der Waals surface area contributed by atoms with E-state index in [1.807, 2.05) is 0 Å². The smallest absolute Gasteiger partial charge is 0.0104 e. The van der Waals surface area contributed by atoms with Crippen LogP contribution < -0.4 is 5.32 Å². The van der Waals surface area contributed by atoms with Gasteiger partial charge in [-0.25, -0.2) is 0 Å². The quantitative estimate of drug-likeness (QED) is 0.740. The maximum Gasteiger partial charge on any atom is 0.0104 e. The van der Waals surface area contributed by atoms with Gasteiger partial charge in [-0.15, -0.1) is 0 Å². The van der Waals surface area contributed by atoms with Crippen LogP contribution in [0.4, 0.5) is 0 Å². The van der Waals surface area contributed by atoms with E-state index in [2.05, 4.69) is 36.0 Å². The fourth-order valence-electron chi connectivity index (χ4n) is 2.29. The van der Waals surface area contributed by atoms with Crippen LogP contribution in [-0.4, -0.2) is 62.2 Å². The van der Waals surface area contributed by atoms with E-state index in [9.17, 15) is 0 Å². The lowest BCUT2D eigenvalue weighted by molar-refractivity contribution is 0.294. The summed E-state index contributed by atoms with van der Waals surface area (Å²) in [5.74, 6) is 0. The summed E-state index contributed by atoms with van der Waals surface area (Å²) in [6.07, 6.45) is 4.03. The largest absolute Gasteiger partial charge is 0.313 e. The second kappa shape index (κ2) is 8.04. The second-order valence-corrected chi connectivity index (χ2v) is 4.91. The van der Waals surface area contributed by atoms with Crippen molar-refractivity contribution in [3.63, 3.8) is 0 Å². The van der Waals surface area contributed by atoms with Crippen molar-refractivity contribution in [1.82, 2.24) is 15.1 Å². The van der Waals surface area contributed by atoms with Crippen molar-refractivity contribution in [2.45, 2.75) is 39.2 Å². The molecule has 1 unspecified atom stereocenters. The third-order valence-electron chi connectivity index (χ3n) is 3.73. The summed E-state index contributed by atoms with van der Waals surface area (Å²) < 4.78 is 0. The van der Waals surface area contributed by atoms with Crippen molar-refractivity contribution in [3.05, 3.63) is 0 Å². The molecule has 0 bridgehead atoms. The van der Waals surface area contributed by atoms with Gasteiger partial charge in [-0.2, -0.15) is 0 Å². The molecule has 3 heteroatoms. The standard InChI is InChI=1S/C13H29N3/c1-4-15(3)12-9-14-13-7-6-10-16(5-2)11-8-13/h13-14H,4-12H2,1-3H3. The van der Waals surface area contributed by atoms with Gasteiger partial charge in [0.2, 0.25) is 0 Å². The molecule has 1 N–H and O–H groups in total. The molecule has 0 saturated carbocycles. The Kier molecular flexibility index (Phi) is 7.01. The van der Waals surface area contributed by atoms with Gasteiger partial charge >= 0.3 is 0 Å². The van der Waals surface area contributed by atoms with E-state index in [-0.39, 0.29) is 0 Å². The lowest BCUT2D eigenvalue weighted by Gasteiger charge is -2.20. The minimum Gasteiger partial charge on any atom is -0.313 e. The number of hydrogen-bond acceptors (Lipinski definition) is 3. The van der Waals surface area contributed by atoms with Crippen molar-refractivity contribution in [1.29, 1.82) is 0 Å². The normalized spacial score (nSPS) is 23.6. The maximum atomic E-state index is 3.70. The summed E-state index contributed by atoms with van der Waals surface area (Å²) in [6, 6.07) is 0.752. The Balaban J connectivity index is 2.12. The highest BCUT2D eigenvalue weighted by Crippen LogP contribution is 2.10. The Hall–Kier alpha value is -0.120. The first-order valence-corrected chi connectivity index (χ1v) is 6.90. The lowest BCUT2D eigenvalue weighted by atomic mass is 10.1. The summed E-state index contributed by atoms with van der Waals surface area (Å²) >= 11 is 0. The zero-order valence-corrected chi connectivity index (χ0v) is 11.3. The first-order valence-electron chi connectivity index (χ1n) is 6.90. The summed E-state index contributed by atoms with van der Waals surface area (Å²) in [5, 5.41) is 3.70. The first-order chi connectivity index (χ1) is 7.76. The second-order valence-electron chi connectivity index (χ2n) is 4.91. The van der Waals surface area contributed by atoms with Gasteiger partial charge in [0, 0.05) is 19.1 Å². The number of hydrogen-bond donors (Lipinski definition) is 1. The van der Waals surface area contributed by atoms with Crippen LogP contribution >= 0.6 is 0 Å². The molecule has 0 amide bonds. The van der Waals surface area contributed by atoms with Crippen LogP contribution in [0.1, 0.15) is 33.1 Å². The minimum absolute atomic E-state index is 0.752. The third-order valence-corrected chi connectivity index (χ3v) is 3.73. The molecule has 96 valence electrons. The van der Waals surface area contributed by atoms with Crippen LogP contribution in [0, 0.1) is 0 Å². The van der Waals surface area contributed by atoms with Gasteiger partial charge in [0.25, 0.3) is 0 Å². The molecule has 1 heterocycles. The maximum absolute atomic E-state index is 3.70. The molecule has 1 fully saturated rings. The molecule has 0 radical (unpaired) electrons. The molecular formula is C13H29N3. The van der Waals surface area contributed by atoms with Crippen LogP contribution in [0.3, 0.4) is 0 Å². The number of likely N-dealkylation sites (tertiary alicyclic amines) is 1. The predicted octanol–water partition coefficient (Wildman–Crippen LogP) is 1.40. The monoisotopic (exact) mass is 227 g/mol. The van der Waals surface area contributed by atoms with E-state index >= 15 is 0 Å². The van der Waals surface area contributed by atoms with Gasteiger partial charge in [0.05, 0.1) is 0 Å². The van der Waals surface area contributed by atoms with Gasteiger partial charge in [0.1, 0.15) is 0 Å². The van der Waals surface area contributed by atoms with Crippen LogP contribution in [0.25, 0.3) is 0 Å². The number of rotatable bonds is 6. The van der Waals surface area contributed by atoms with Gasteiger partial charge in [-0.1, -0.05) is 13.8 Å². The van der Waals surface area contributed by atoms with Crippen LogP contribution in [-0.2, 0) is 0 Å². The van der Waals surface area contributed by atoms with Gasteiger partial charge in [-0.05, 0) is 52.5 Å². The van der Waals surface area contributed by atoms with E-state index in [1.54, 1.807) is 0 Å². The van der Waals surface area contributed by atoms with E-state index in [1.165, 1.54) is 45.4 Å². The van der Waals surface area contributed by atoms with E-state index in [4.69, 9.17) is 0 Å². The van der Waals surface area contributed by atoms with Crippen LogP contribution in [0.5, 0.6) is 0 Å². The van der Waals surface area contributed by atoms with Gasteiger partial charge in [0.15, 0.2) is 0 Å². The van der Waals surface area contributed by atoms with Crippen molar-refractivity contribution in [2.75, 3.05) is 46.3 Å². The number of nitrogens with zero attached hydrogens (tertiary/aromatic N) is 2. The SMILES string of the molecule is CCN(C)CCNC1CCCN(CC)CC1. The lowest BCUT2D eigenvalue weighted by Crippen LogP contribution is -2.36. The summed E-state index contributed by atoms with van der Waals surface area (Å²) in [4.78, 5) is 4.93. The third kappa shape index (κ3) is 5.28. The minimum atomic E-state index is 0.752. The molecule has 1 atom stereocenters. The highest BCUT2D eigenvalue weighted by atomic mass is 15.1. The Morgan fingerprint density at radius 2 is 2.06 bits per heavy atom. The first kappa shape index (κ1) is 13.9. The molecule has 0 aliphatic carbocycles. The molecule has 1 aliphatic rings. The van der Waals surface area contributed by atoms with Gasteiger partial charge in [-0.3, -0.25) is 0 Å². The van der Waals surface area contributed by atoms with E-state index < -0.39 is 0 Å². The molecule has 1 rings (SSSR count). The molecule has 0 aromatic heterocycles. The molecule has 3 nitrogen and oxygen atoms in total. The molecule has 1 saturated heterocycles. The molecule has 16 heavy (non-hydrogen) atoms. The van der Waals surface area contributed by atoms with Crippen molar-refractivity contribution < 1.29 is 0 Å². The van der Waals surface area contributed by atoms with E-state index in [0.717, 1.165) is 19.1 Å².